The standard InChI is InChI=1S/C12H20O3/c1-6-8-14-9-15-11(13)10(3)12(4,5)7-2/h6H,1,3,7-9H2,2,4-5H3. The van der Waals surface area contributed by atoms with E-state index in [0.29, 0.717) is 12.2 Å². The fourth-order valence-electron chi connectivity index (χ4n) is 0.803. The maximum absolute atomic E-state index is 11.5. The first-order valence-electron chi connectivity index (χ1n) is 5.00. The van der Waals surface area contributed by atoms with Gasteiger partial charge in [-0.15, -0.1) is 6.58 Å². The zero-order valence-corrected chi connectivity index (χ0v) is 9.84. The molecule has 86 valence electrons. The summed E-state index contributed by atoms with van der Waals surface area (Å²) < 4.78 is 9.83. The van der Waals surface area contributed by atoms with Gasteiger partial charge in [0.05, 0.1) is 6.61 Å². The topological polar surface area (TPSA) is 35.5 Å². The molecule has 0 aromatic heterocycles. The van der Waals surface area contributed by atoms with Crippen molar-refractivity contribution in [3.05, 3.63) is 24.8 Å². The minimum Gasteiger partial charge on any atom is -0.435 e. The summed E-state index contributed by atoms with van der Waals surface area (Å²) in [6.07, 6.45) is 2.44. The average Bonchev–Trinajstić information content (AvgIpc) is 2.23. The first-order valence-corrected chi connectivity index (χ1v) is 5.00. The highest BCUT2D eigenvalue weighted by Gasteiger charge is 2.25. The maximum Gasteiger partial charge on any atom is 0.336 e. The van der Waals surface area contributed by atoms with Crippen LogP contribution in [0.25, 0.3) is 0 Å². The van der Waals surface area contributed by atoms with Crippen molar-refractivity contribution in [3.63, 3.8) is 0 Å². The van der Waals surface area contributed by atoms with Crippen molar-refractivity contribution in [2.24, 2.45) is 5.41 Å². The Morgan fingerprint density at radius 3 is 2.53 bits per heavy atom. The number of ether oxygens (including phenoxy) is 2. The van der Waals surface area contributed by atoms with E-state index in [1.54, 1.807) is 6.08 Å². The molecule has 0 bridgehead atoms. The molecule has 3 nitrogen and oxygen atoms in total. The number of hydrogen-bond acceptors (Lipinski definition) is 3. The molecule has 0 atom stereocenters. The molecule has 3 heteroatoms. The maximum atomic E-state index is 11.5. The lowest BCUT2D eigenvalue weighted by atomic mass is 9.83. The van der Waals surface area contributed by atoms with Crippen LogP contribution in [0.3, 0.4) is 0 Å². The van der Waals surface area contributed by atoms with Crippen LogP contribution < -0.4 is 0 Å². The Morgan fingerprint density at radius 2 is 2.07 bits per heavy atom. The van der Waals surface area contributed by atoms with E-state index in [-0.39, 0.29) is 12.2 Å². The molecule has 0 rings (SSSR count). The number of carbonyl (C=O) groups is 1. The Kier molecular flexibility index (Phi) is 5.94. The molecule has 0 radical (unpaired) electrons. The van der Waals surface area contributed by atoms with Crippen molar-refractivity contribution in [1.29, 1.82) is 0 Å². The fraction of sp³-hybridized carbons (Fsp3) is 0.583. The van der Waals surface area contributed by atoms with Crippen LogP contribution in [0, 0.1) is 5.41 Å². The lowest BCUT2D eigenvalue weighted by Crippen LogP contribution is -2.22. The van der Waals surface area contributed by atoms with E-state index in [0.717, 1.165) is 6.42 Å². The molecule has 0 aliphatic rings. The van der Waals surface area contributed by atoms with E-state index in [4.69, 9.17) is 9.47 Å². The summed E-state index contributed by atoms with van der Waals surface area (Å²) in [4.78, 5) is 11.5. The zero-order valence-electron chi connectivity index (χ0n) is 9.84. The largest absolute Gasteiger partial charge is 0.435 e. The Hall–Kier alpha value is -1.09. The van der Waals surface area contributed by atoms with Crippen molar-refractivity contribution in [2.75, 3.05) is 13.4 Å². The van der Waals surface area contributed by atoms with Gasteiger partial charge in [-0.2, -0.15) is 0 Å². The molecular weight excluding hydrogens is 192 g/mol. The van der Waals surface area contributed by atoms with E-state index in [9.17, 15) is 4.79 Å². The monoisotopic (exact) mass is 212 g/mol. The van der Waals surface area contributed by atoms with Crippen LogP contribution in [0.2, 0.25) is 0 Å². The highest BCUT2D eigenvalue weighted by atomic mass is 16.7. The van der Waals surface area contributed by atoms with Crippen molar-refractivity contribution in [3.8, 4) is 0 Å². The number of hydrogen-bond donors (Lipinski definition) is 0. The van der Waals surface area contributed by atoms with Crippen LogP contribution in [0.5, 0.6) is 0 Å². The summed E-state index contributed by atoms with van der Waals surface area (Å²) in [5.41, 5.74) is 0.252. The van der Waals surface area contributed by atoms with E-state index in [1.165, 1.54) is 0 Å². The van der Waals surface area contributed by atoms with Gasteiger partial charge in [0.1, 0.15) is 0 Å². The van der Waals surface area contributed by atoms with Crippen molar-refractivity contribution in [2.45, 2.75) is 27.2 Å². The fourth-order valence-corrected chi connectivity index (χ4v) is 0.803. The smallest absolute Gasteiger partial charge is 0.336 e. The van der Waals surface area contributed by atoms with Crippen molar-refractivity contribution >= 4 is 5.97 Å². The Balaban J connectivity index is 4.00. The number of esters is 1. The second-order valence-corrected chi connectivity index (χ2v) is 3.93. The highest BCUT2D eigenvalue weighted by Crippen LogP contribution is 2.29. The minimum absolute atomic E-state index is 0.0519. The third-order valence-electron chi connectivity index (χ3n) is 2.46. The summed E-state index contributed by atoms with van der Waals surface area (Å²) in [5.74, 6) is -0.397. The SMILES string of the molecule is C=CCOCOC(=O)C(=C)C(C)(C)CC. The zero-order chi connectivity index (χ0) is 11.9. The summed E-state index contributed by atoms with van der Waals surface area (Å²) in [7, 11) is 0. The molecule has 0 fully saturated rings. The van der Waals surface area contributed by atoms with Gasteiger partial charge in [-0.25, -0.2) is 4.79 Å². The van der Waals surface area contributed by atoms with E-state index < -0.39 is 5.97 Å². The molecule has 0 heterocycles. The van der Waals surface area contributed by atoms with Crippen LogP contribution in [0.4, 0.5) is 0 Å². The van der Waals surface area contributed by atoms with Gasteiger partial charge in [-0.3, -0.25) is 0 Å². The molecule has 15 heavy (non-hydrogen) atoms. The predicted molar refractivity (Wildman–Crippen MR) is 60.3 cm³/mol. The van der Waals surface area contributed by atoms with Gasteiger partial charge in [0.2, 0.25) is 0 Å². The molecule has 0 aromatic carbocycles. The Bertz CT molecular complexity index is 241. The summed E-state index contributed by atoms with van der Waals surface area (Å²) in [6, 6.07) is 0. The Labute approximate surface area is 91.8 Å². The van der Waals surface area contributed by atoms with E-state index in [2.05, 4.69) is 13.2 Å². The summed E-state index contributed by atoms with van der Waals surface area (Å²) in [5, 5.41) is 0. The van der Waals surface area contributed by atoms with Gasteiger partial charge in [-0.1, -0.05) is 33.4 Å². The molecule has 0 aliphatic carbocycles. The molecule has 0 saturated carbocycles. The van der Waals surface area contributed by atoms with Gasteiger partial charge in [0.25, 0.3) is 0 Å². The van der Waals surface area contributed by atoms with Gasteiger partial charge in [0, 0.05) is 5.57 Å². The predicted octanol–water partition coefficient (Wildman–Crippen LogP) is 2.68. The van der Waals surface area contributed by atoms with Crippen LogP contribution in [-0.4, -0.2) is 19.4 Å². The van der Waals surface area contributed by atoms with E-state index in [1.807, 2.05) is 20.8 Å². The average molecular weight is 212 g/mol. The van der Waals surface area contributed by atoms with Crippen LogP contribution in [-0.2, 0) is 14.3 Å². The minimum atomic E-state index is -0.397. The van der Waals surface area contributed by atoms with Gasteiger partial charge in [-0.05, 0) is 11.8 Å². The normalized spacial score (nSPS) is 10.9. The number of carbonyl (C=O) groups excluding carboxylic acids is 1. The second-order valence-electron chi connectivity index (χ2n) is 3.93. The lowest BCUT2D eigenvalue weighted by molar-refractivity contribution is -0.151. The van der Waals surface area contributed by atoms with Crippen LogP contribution in [0.15, 0.2) is 24.8 Å². The highest BCUT2D eigenvalue weighted by molar-refractivity contribution is 5.89. The molecule has 0 N–H and O–H groups in total. The molecular formula is C12H20O3. The van der Waals surface area contributed by atoms with Crippen molar-refractivity contribution < 1.29 is 14.3 Å². The molecule has 0 spiro atoms. The molecule has 0 unspecified atom stereocenters. The van der Waals surface area contributed by atoms with E-state index >= 15 is 0 Å². The summed E-state index contributed by atoms with van der Waals surface area (Å²) in [6.45, 7) is 13.5. The molecule has 0 aliphatic heterocycles. The Morgan fingerprint density at radius 1 is 1.47 bits per heavy atom. The quantitative estimate of drug-likeness (QED) is 0.214. The van der Waals surface area contributed by atoms with Crippen LogP contribution in [0.1, 0.15) is 27.2 Å². The first-order chi connectivity index (χ1) is 6.95. The molecule has 0 amide bonds. The van der Waals surface area contributed by atoms with Gasteiger partial charge in [0.15, 0.2) is 6.79 Å². The second kappa shape index (κ2) is 6.40. The van der Waals surface area contributed by atoms with Crippen molar-refractivity contribution in [1.82, 2.24) is 0 Å². The lowest BCUT2D eigenvalue weighted by Gasteiger charge is -2.23. The third-order valence-corrected chi connectivity index (χ3v) is 2.46. The third kappa shape index (κ3) is 4.79. The van der Waals surface area contributed by atoms with Gasteiger partial charge < -0.3 is 9.47 Å². The summed E-state index contributed by atoms with van der Waals surface area (Å²) >= 11 is 0. The molecule has 0 aromatic rings. The molecule has 0 saturated heterocycles. The number of rotatable bonds is 7. The van der Waals surface area contributed by atoms with Gasteiger partial charge >= 0.3 is 5.97 Å². The first kappa shape index (κ1) is 13.9. The van der Waals surface area contributed by atoms with Crippen LogP contribution >= 0.6 is 0 Å².